The number of carboxylic acid groups (broad SMARTS) is 1. The van der Waals surface area contributed by atoms with Crippen LogP contribution in [0.5, 0.6) is 5.75 Å². The first-order chi connectivity index (χ1) is 9.52. The molecule has 1 N–H and O–H groups in total. The first-order valence-corrected chi connectivity index (χ1v) is 7.47. The summed E-state index contributed by atoms with van der Waals surface area (Å²) in [6.45, 7) is 7.16. The standard InChI is InChI=1S/C17H26O3/c1-4-5-15(12-17(18)19)14-6-8-16(9-7-14)20-11-10-13(2)3/h6-9,13,15H,4-5,10-12H2,1-3H3,(H,18,19)/t15-/m0/s1. The fourth-order valence-electron chi connectivity index (χ4n) is 2.19. The molecule has 0 heterocycles. The highest BCUT2D eigenvalue weighted by Crippen LogP contribution is 2.26. The van der Waals surface area contributed by atoms with Crippen LogP contribution in [0.3, 0.4) is 0 Å². The zero-order valence-electron chi connectivity index (χ0n) is 12.8. The number of ether oxygens (including phenoxy) is 1. The van der Waals surface area contributed by atoms with Crippen molar-refractivity contribution in [2.45, 2.75) is 52.4 Å². The van der Waals surface area contributed by atoms with Gasteiger partial charge in [-0.2, -0.15) is 0 Å². The molecule has 3 nitrogen and oxygen atoms in total. The molecule has 0 bridgehead atoms. The minimum absolute atomic E-state index is 0.0993. The number of carbonyl (C=O) groups is 1. The largest absolute Gasteiger partial charge is 0.494 e. The molecule has 20 heavy (non-hydrogen) atoms. The van der Waals surface area contributed by atoms with Gasteiger partial charge in [-0.3, -0.25) is 4.79 Å². The van der Waals surface area contributed by atoms with Crippen molar-refractivity contribution in [3.8, 4) is 5.75 Å². The molecule has 0 unspecified atom stereocenters. The summed E-state index contributed by atoms with van der Waals surface area (Å²) in [6.07, 6.45) is 3.13. The van der Waals surface area contributed by atoms with Gasteiger partial charge in [-0.25, -0.2) is 0 Å². The van der Waals surface area contributed by atoms with Crippen molar-refractivity contribution in [3.05, 3.63) is 29.8 Å². The average Bonchev–Trinajstić information content (AvgIpc) is 2.38. The van der Waals surface area contributed by atoms with Crippen molar-refractivity contribution in [3.63, 3.8) is 0 Å². The van der Waals surface area contributed by atoms with Crippen LogP contribution in [0.25, 0.3) is 0 Å². The molecule has 0 saturated heterocycles. The molecule has 0 spiro atoms. The smallest absolute Gasteiger partial charge is 0.303 e. The molecular weight excluding hydrogens is 252 g/mol. The van der Waals surface area contributed by atoms with Gasteiger partial charge in [0.25, 0.3) is 0 Å². The highest BCUT2D eigenvalue weighted by Gasteiger charge is 2.14. The Balaban J connectivity index is 2.60. The summed E-state index contributed by atoms with van der Waals surface area (Å²) in [7, 11) is 0. The Labute approximate surface area is 122 Å². The maximum atomic E-state index is 10.9. The number of rotatable bonds is 9. The Bertz CT molecular complexity index is 395. The highest BCUT2D eigenvalue weighted by atomic mass is 16.5. The minimum atomic E-state index is -0.735. The van der Waals surface area contributed by atoms with Gasteiger partial charge in [-0.1, -0.05) is 39.3 Å². The van der Waals surface area contributed by atoms with Gasteiger partial charge in [0.2, 0.25) is 0 Å². The number of aliphatic carboxylic acids is 1. The molecular formula is C17H26O3. The van der Waals surface area contributed by atoms with E-state index in [1.54, 1.807) is 0 Å². The summed E-state index contributed by atoms with van der Waals surface area (Å²) in [4.78, 5) is 10.9. The third kappa shape index (κ3) is 6.09. The molecule has 0 aromatic heterocycles. The van der Waals surface area contributed by atoms with Crippen LogP contribution >= 0.6 is 0 Å². The Kier molecular flexibility index (Phi) is 7.13. The average molecular weight is 278 g/mol. The minimum Gasteiger partial charge on any atom is -0.494 e. The Morgan fingerprint density at radius 1 is 1.20 bits per heavy atom. The Morgan fingerprint density at radius 3 is 2.35 bits per heavy atom. The lowest BCUT2D eigenvalue weighted by Crippen LogP contribution is -2.06. The second-order valence-corrected chi connectivity index (χ2v) is 5.68. The maximum absolute atomic E-state index is 10.9. The van der Waals surface area contributed by atoms with Crippen LogP contribution in [0.4, 0.5) is 0 Å². The van der Waals surface area contributed by atoms with E-state index >= 15 is 0 Å². The van der Waals surface area contributed by atoms with Gasteiger partial charge in [0.05, 0.1) is 13.0 Å². The lowest BCUT2D eigenvalue weighted by molar-refractivity contribution is -0.137. The van der Waals surface area contributed by atoms with Gasteiger partial charge >= 0.3 is 5.97 Å². The molecule has 1 atom stereocenters. The van der Waals surface area contributed by atoms with Crippen molar-refractivity contribution in [2.24, 2.45) is 5.92 Å². The normalized spacial score (nSPS) is 12.4. The Hall–Kier alpha value is -1.51. The van der Waals surface area contributed by atoms with E-state index in [1.807, 2.05) is 24.3 Å². The SMILES string of the molecule is CCC[C@@H](CC(=O)O)c1ccc(OCCC(C)C)cc1. The van der Waals surface area contributed by atoms with Crippen LogP contribution in [0.1, 0.15) is 57.9 Å². The van der Waals surface area contributed by atoms with E-state index in [9.17, 15) is 4.79 Å². The van der Waals surface area contributed by atoms with Gasteiger partial charge in [-0.15, -0.1) is 0 Å². The van der Waals surface area contributed by atoms with E-state index in [0.717, 1.165) is 37.2 Å². The van der Waals surface area contributed by atoms with Crippen molar-refractivity contribution < 1.29 is 14.6 Å². The van der Waals surface area contributed by atoms with Crippen LogP contribution in [-0.4, -0.2) is 17.7 Å². The zero-order chi connectivity index (χ0) is 15.0. The third-order valence-electron chi connectivity index (χ3n) is 3.37. The summed E-state index contributed by atoms with van der Waals surface area (Å²) < 4.78 is 5.68. The van der Waals surface area contributed by atoms with Gasteiger partial charge in [0, 0.05) is 0 Å². The molecule has 3 heteroatoms. The van der Waals surface area contributed by atoms with Gasteiger partial charge in [0.15, 0.2) is 0 Å². The predicted octanol–water partition coefficient (Wildman–Crippen LogP) is 4.47. The van der Waals surface area contributed by atoms with E-state index in [-0.39, 0.29) is 12.3 Å². The van der Waals surface area contributed by atoms with Crippen LogP contribution in [0.15, 0.2) is 24.3 Å². The molecule has 0 aliphatic rings. The molecule has 0 aliphatic carbocycles. The van der Waals surface area contributed by atoms with Gasteiger partial charge < -0.3 is 9.84 Å². The molecule has 0 radical (unpaired) electrons. The van der Waals surface area contributed by atoms with E-state index in [2.05, 4.69) is 20.8 Å². The molecule has 0 aliphatic heterocycles. The van der Waals surface area contributed by atoms with Crippen LogP contribution in [0.2, 0.25) is 0 Å². The topological polar surface area (TPSA) is 46.5 Å². The molecule has 0 fully saturated rings. The van der Waals surface area contributed by atoms with Gasteiger partial charge in [-0.05, 0) is 42.4 Å². The molecule has 1 aromatic rings. The summed E-state index contributed by atoms with van der Waals surface area (Å²) in [5, 5.41) is 8.97. The maximum Gasteiger partial charge on any atom is 0.303 e. The summed E-state index contributed by atoms with van der Waals surface area (Å²) in [6, 6.07) is 7.88. The number of hydrogen-bond acceptors (Lipinski definition) is 2. The van der Waals surface area contributed by atoms with E-state index < -0.39 is 5.97 Å². The first-order valence-electron chi connectivity index (χ1n) is 7.47. The van der Waals surface area contributed by atoms with E-state index in [1.165, 1.54) is 0 Å². The third-order valence-corrected chi connectivity index (χ3v) is 3.37. The molecule has 112 valence electrons. The van der Waals surface area contributed by atoms with Crippen molar-refractivity contribution in [1.29, 1.82) is 0 Å². The van der Waals surface area contributed by atoms with Crippen LogP contribution < -0.4 is 4.74 Å². The first kappa shape index (κ1) is 16.5. The lowest BCUT2D eigenvalue weighted by atomic mass is 9.91. The number of carboxylic acids is 1. The van der Waals surface area contributed by atoms with E-state index in [4.69, 9.17) is 9.84 Å². The van der Waals surface area contributed by atoms with Crippen molar-refractivity contribution in [2.75, 3.05) is 6.61 Å². The van der Waals surface area contributed by atoms with Crippen LogP contribution in [-0.2, 0) is 4.79 Å². The molecule has 1 aromatic carbocycles. The summed E-state index contributed by atoms with van der Waals surface area (Å²) in [5.74, 6) is 0.863. The fraction of sp³-hybridized carbons (Fsp3) is 0.588. The van der Waals surface area contributed by atoms with Crippen LogP contribution in [0, 0.1) is 5.92 Å². The molecule has 0 saturated carbocycles. The molecule has 0 amide bonds. The lowest BCUT2D eigenvalue weighted by Gasteiger charge is -2.15. The van der Waals surface area contributed by atoms with E-state index in [0.29, 0.717) is 5.92 Å². The fourth-order valence-corrected chi connectivity index (χ4v) is 2.19. The Morgan fingerprint density at radius 2 is 1.85 bits per heavy atom. The predicted molar refractivity (Wildman–Crippen MR) is 81.3 cm³/mol. The zero-order valence-corrected chi connectivity index (χ0v) is 12.8. The highest BCUT2D eigenvalue weighted by molar-refractivity contribution is 5.68. The summed E-state index contributed by atoms with van der Waals surface area (Å²) >= 11 is 0. The van der Waals surface area contributed by atoms with Gasteiger partial charge in [0.1, 0.15) is 5.75 Å². The molecule has 1 rings (SSSR count). The second kappa shape index (κ2) is 8.62. The summed E-state index contributed by atoms with van der Waals surface area (Å²) in [5.41, 5.74) is 1.09. The number of hydrogen-bond donors (Lipinski definition) is 1. The quantitative estimate of drug-likeness (QED) is 0.725. The van der Waals surface area contributed by atoms with Crippen molar-refractivity contribution >= 4 is 5.97 Å². The second-order valence-electron chi connectivity index (χ2n) is 5.68. The monoisotopic (exact) mass is 278 g/mol. The number of benzene rings is 1. The van der Waals surface area contributed by atoms with Crippen molar-refractivity contribution in [1.82, 2.24) is 0 Å².